The van der Waals surface area contributed by atoms with Crippen molar-refractivity contribution < 1.29 is 18.7 Å². The molecule has 0 spiro atoms. The second-order valence-electron chi connectivity index (χ2n) is 9.38. The Morgan fingerprint density at radius 1 is 1.00 bits per heavy atom. The normalized spacial score (nSPS) is 19.1. The van der Waals surface area contributed by atoms with Crippen LogP contribution in [0.2, 0.25) is 5.02 Å². The second-order valence-corrected chi connectivity index (χ2v) is 9.79. The first kappa shape index (κ1) is 24.2. The lowest BCUT2D eigenvalue weighted by atomic mass is 9.78. The third kappa shape index (κ3) is 4.53. The Morgan fingerprint density at radius 3 is 2.50 bits per heavy atom. The van der Waals surface area contributed by atoms with Crippen molar-refractivity contribution in [2.45, 2.75) is 44.8 Å². The van der Waals surface area contributed by atoms with E-state index in [0.717, 1.165) is 22.6 Å². The van der Waals surface area contributed by atoms with E-state index < -0.39 is 11.9 Å². The predicted molar refractivity (Wildman–Crippen MR) is 141 cm³/mol. The Bertz CT molecular complexity index is 1330. The Kier molecular flexibility index (Phi) is 6.63. The molecule has 0 aromatic heterocycles. The number of benzene rings is 3. The van der Waals surface area contributed by atoms with Gasteiger partial charge in [-0.1, -0.05) is 35.9 Å². The van der Waals surface area contributed by atoms with E-state index in [1.165, 1.54) is 6.07 Å². The zero-order valence-corrected chi connectivity index (χ0v) is 21.2. The molecule has 1 aliphatic heterocycles. The average molecular weight is 507 g/mol. The summed E-state index contributed by atoms with van der Waals surface area (Å²) in [4.78, 5) is 13.7. The van der Waals surface area contributed by atoms with Gasteiger partial charge in [0.15, 0.2) is 17.3 Å². The lowest BCUT2D eigenvalue weighted by Gasteiger charge is -2.30. The number of halogens is 2. The van der Waals surface area contributed by atoms with Crippen molar-refractivity contribution in [2.75, 3.05) is 17.7 Å². The first-order chi connectivity index (χ1) is 17.4. The van der Waals surface area contributed by atoms with Gasteiger partial charge < -0.3 is 20.1 Å². The Labute approximate surface area is 215 Å². The standard InChI is InChI=1S/C29H28ClFN2O3/c1-16(2)36-25-12-11-17(15-26(25)35-3)18-13-23-28(24(34)14-18)29(27-19(30)7-6-8-20(27)31)33-22-10-5-4-9-21(22)32-23/h4-12,15-16,18,29,32-33H,13-14H2,1-3H3. The van der Waals surface area contributed by atoms with E-state index in [-0.39, 0.29) is 34.8 Å². The van der Waals surface area contributed by atoms with Gasteiger partial charge in [0.25, 0.3) is 0 Å². The summed E-state index contributed by atoms with van der Waals surface area (Å²) in [5.74, 6) is 0.711. The molecule has 5 rings (SSSR count). The van der Waals surface area contributed by atoms with E-state index in [9.17, 15) is 4.79 Å². The molecule has 0 bridgehead atoms. The van der Waals surface area contributed by atoms with E-state index >= 15 is 4.39 Å². The number of ether oxygens (including phenoxy) is 2. The van der Waals surface area contributed by atoms with Crippen LogP contribution in [0.5, 0.6) is 11.5 Å². The van der Waals surface area contributed by atoms with Crippen molar-refractivity contribution in [3.63, 3.8) is 0 Å². The number of carbonyl (C=O) groups is 1. The molecule has 5 nitrogen and oxygen atoms in total. The van der Waals surface area contributed by atoms with Crippen molar-refractivity contribution in [1.29, 1.82) is 0 Å². The number of Topliss-reactive ketones (excluding diaryl/α,β-unsaturated/α-hetero) is 1. The maximum atomic E-state index is 15.1. The van der Waals surface area contributed by atoms with Gasteiger partial charge in [-0.25, -0.2) is 4.39 Å². The van der Waals surface area contributed by atoms with E-state index in [4.69, 9.17) is 21.1 Å². The maximum absolute atomic E-state index is 15.1. The van der Waals surface area contributed by atoms with E-state index in [0.29, 0.717) is 23.5 Å². The Balaban J connectivity index is 1.58. The molecule has 0 radical (unpaired) electrons. The molecule has 1 aliphatic carbocycles. The van der Waals surface area contributed by atoms with Gasteiger partial charge in [0.1, 0.15) is 5.82 Å². The second kappa shape index (κ2) is 9.86. The van der Waals surface area contributed by atoms with E-state index in [2.05, 4.69) is 10.6 Å². The highest BCUT2D eigenvalue weighted by atomic mass is 35.5. The summed E-state index contributed by atoms with van der Waals surface area (Å²) in [6.07, 6.45) is 0.876. The largest absolute Gasteiger partial charge is 0.493 e. The van der Waals surface area contributed by atoms with Crippen molar-refractivity contribution in [1.82, 2.24) is 0 Å². The first-order valence-electron chi connectivity index (χ1n) is 12.0. The highest BCUT2D eigenvalue weighted by Crippen LogP contribution is 2.46. The van der Waals surface area contributed by atoms with Crippen LogP contribution in [0.3, 0.4) is 0 Å². The van der Waals surface area contributed by atoms with Gasteiger partial charge in [0.05, 0.1) is 30.6 Å². The molecule has 2 aliphatic rings. The summed E-state index contributed by atoms with van der Waals surface area (Å²) >= 11 is 6.47. The average Bonchev–Trinajstić information content (AvgIpc) is 3.00. The van der Waals surface area contributed by atoms with Crippen LogP contribution in [0.15, 0.2) is 71.9 Å². The molecule has 186 valence electrons. The minimum Gasteiger partial charge on any atom is -0.493 e. The summed E-state index contributed by atoms with van der Waals surface area (Å²) in [6.45, 7) is 3.92. The van der Waals surface area contributed by atoms with Gasteiger partial charge in [0.2, 0.25) is 0 Å². The number of anilines is 2. The third-order valence-corrected chi connectivity index (χ3v) is 6.95. The van der Waals surface area contributed by atoms with Crippen LogP contribution in [0.4, 0.5) is 15.8 Å². The smallest absolute Gasteiger partial charge is 0.163 e. The molecule has 2 unspecified atom stereocenters. The molecule has 2 atom stereocenters. The molecule has 3 aromatic rings. The number of rotatable bonds is 5. The lowest BCUT2D eigenvalue weighted by Crippen LogP contribution is -2.27. The molecule has 1 heterocycles. The highest BCUT2D eigenvalue weighted by Gasteiger charge is 2.38. The van der Waals surface area contributed by atoms with Crippen LogP contribution in [0, 0.1) is 5.82 Å². The Hall–Kier alpha value is -3.51. The number of hydrogen-bond donors (Lipinski definition) is 2. The van der Waals surface area contributed by atoms with Gasteiger partial charge in [-0.05, 0) is 68.1 Å². The fourth-order valence-electron chi connectivity index (χ4n) is 5.02. The maximum Gasteiger partial charge on any atom is 0.163 e. The van der Waals surface area contributed by atoms with Crippen LogP contribution in [0.25, 0.3) is 0 Å². The fraction of sp³-hybridized carbons (Fsp3) is 0.276. The minimum absolute atomic E-state index is 0.0126. The first-order valence-corrected chi connectivity index (χ1v) is 12.4. The third-order valence-electron chi connectivity index (χ3n) is 6.62. The monoisotopic (exact) mass is 506 g/mol. The van der Waals surface area contributed by atoms with E-state index in [1.54, 1.807) is 19.2 Å². The topological polar surface area (TPSA) is 59.6 Å². The number of nitrogens with one attached hydrogen (secondary N) is 2. The fourth-order valence-corrected chi connectivity index (χ4v) is 5.29. The molecule has 7 heteroatoms. The van der Waals surface area contributed by atoms with E-state index in [1.807, 2.05) is 56.3 Å². The molecule has 0 saturated heterocycles. The van der Waals surface area contributed by atoms with Gasteiger partial charge in [-0.2, -0.15) is 0 Å². The molecule has 0 amide bonds. The van der Waals surface area contributed by atoms with Gasteiger partial charge in [-0.3, -0.25) is 4.79 Å². The van der Waals surface area contributed by atoms with Crippen LogP contribution < -0.4 is 20.1 Å². The van der Waals surface area contributed by atoms with Gasteiger partial charge in [-0.15, -0.1) is 0 Å². The summed E-state index contributed by atoms with van der Waals surface area (Å²) in [5.41, 5.74) is 4.13. The number of hydrogen-bond acceptors (Lipinski definition) is 5. The molecule has 0 fully saturated rings. The number of methoxy groups -OCH3 is 1. The molecular formula is C29H28ClFN2O3. The summed E-state index contributed by atoms with van der Waals surface area (Å²) in [5, 5.41) is 7.13. The van der Waals surface area contributed by atoms with Crippen molar-refractivity contribution >= 4 is 28.8 Å². The summed E-state index contributed by atoms with van der Waals surface area (Å²) < 4.78 is 26.5. The lowest BCUT2D eigenvalue weighted by molar-refractivity contribution is -0.116. The quantitative estimate of drug-likeness (QED) is 0.381. The van der Waals surface area contributed by atoms with Crippen molar-refractivity contribution in [2.24, 2.45) is 0 Å². The minimum atomic E-state index is -0.713. The summed E-state index contributed by atoms with van der Waals surface area (Å²) in [6, 6.07) is 17.4. The molecule has 2 N–H and O–H groups in total. The van der Waals surface area contributed by atoms with Crippen LogP contribution in [-0.4, -0.2) is 19.0 Å². The summed E-state index contributed by atoms with van der Waals surface area (Å²) in [7, 11) is 1.61. The van der Waals surface area contributed by atoms with Gasteiger partial charge >= 0.3 is 0 Å². The zero-order valence-electron chi connectivity index (χ0n) is 20.4. The van der Waals surface area contributed by atoms with Crippen LogP contribution in [0.1, 0.15) is 49.8 Å². The predicted octanol–water partition coefficient (Wildman–Crippen LogP) is 7.25. The van der Waals surface area contributed by atoms with Crippen molar-refractivity contribution in [3.05, 3.63) is 93.9 Å². The van der Waals surface area contributed by atoms with Gasteiger partial charge in [0, 0.05) is 28.3 Å². The number of fused-ring (bicyclic) bond motifs is 1. The van der Waals surface area contributed by atoms with Crippen LogP contribution in [-0.2, 0) is 4.79 Å². The highest BCUT2D eigenvalue weighted by molar-refractivity contribution is 6.31. The van der Waals surface area contributed by atoms with Crippen molar-refractivity contribution in [3.8, 4) is 11.5 Å². The number of para-hydroxylation sites is 2. The SMILES string of the molecule is COc1cc(C2CC(=O)C3=C(C2)Nc2ccccc2NC3c2c(F)cccc2Cl)ccc1OC(C)C. The zero-order chi connectivity index (χ0) is 25.4. The molecule has 0 saturated carbocycles. The number of ketones is 1. The van der Waals surface area contributed by atoms with Crippen LogP contribution >= 0.6 is 11.6 Å². The number of carbonyl (C=O) groups excluding carboxylic acids is 1. The molecule has 3 aromatic carbocycles. The molecule has 36 heavy (non-hydrogen) atoms. The molecular weight excluding hydrogens is 479 g/mol. The number of allylic oxidation sites excluding steroid dienone is 1. The Morgan fingerprint density at radius 2 is 1.78 bits per heavy atom.